The summed E-state index contributed by atoms with van der Waals surface area (Å²) in [6, 6.07) is 13.5. The van der Waals surface area contributed by atoms with E-state index in [-0.39, 0.29) is 0 Å². The minimum absolute atomic E-state index is 0.316. The molecule has 0 radical (unpaired) electrons. The molecule has 0 saturated heterocycles. The molecule has 2 aromatic carbocycles. The van der Waals surface area contributed by atoms with E-state index in [1.807, 2.05) is 0 Å². The third kappa shape index (κ3) is 1.59. The fraction of sp³-hybridized carbons (Fsp3) is 0.368. The molecule has 5 nitrogen and oxygen atoms in total. The first-order valence-corrected chi connectivity index (χ1v) is 8.46. The van der Waals surface area contributed by atoms with Crippen molar-refractivity contribution in [3.63, 3.8) is 0 Å². The molecule has 0 N–H and O–H groups in total. The second-order valence-electron chi connectivity index (χ2n) is 7.27. The molecule has 24 heavy (non-hydrogen) atoms. The molecule has 0 aliphatic carbocycles. The molecular formula is C19H23N5. The Hall–Kier alpha value is -2.56. The van der Waals surface area contributed by atoms with Crippen LogP contribution < -0.4 is 24.5 Å². The molecule has 0 amide bonds. The zero-order valence-electron chi connectivity index (χ0n) is 14.7. The van der Waals surface area contributed by atoms with Gasteiger partial charge in [-0.05, 0) is 24.3 Å². The van der Waals surface area contributed by atoms with Crippen molar-refractivity contribution < 1.29 is 0 Å². The number of para-hydroxylation sites is 2. The van der Waals surface area contributed by atoms with Crippen LogP contribution in [0.25, 0.3) is 0 Å². The maximum Gasteiger partial charge on any atom is 0.135 e. The average Bonchev–Trinajstić information content (AvgIpc) is 2.88. The van der Waals surface area contributed by atoms with Crippen molar-refractivity contribution in [3.05, 3.63) is 42.0 Å². The van der Waals surface area contributed by atoms with Gasteiger partial charge in [-0.25, -0.2) is 0 Å². The van der Waals surface area contributed by atoms with Crippen LogP contribution in [0.15, 0.2) is 36.4 Å². The zero-order chi connectivity index (χ0) is 16.6. The third-order valence-corrected chi connectivity index (χ3v) is 5.54. The van der Waals surface area contributed by atoms with Crippen LogP contribution in [0.4, 0.5) is 28.4 Å². The normalized spacial score (nSPS) is 18.0. The highest BCUT2D eigenvalue weighted by Crippen LogP contribution is 2.55. The molecule has 3 aliphatic rings. The van der Waals surface area contributed by atoms with Crippen LogP contribution in [0.2, 0.25) is 0 Å². The van der Waals surface area contributed by atoms with Crippen LogP contribution >= 0.6 is 0 Å². The Morgan fingerprint density at radius 3 is 1.79 bits per heavy atom. The van der Waals surface area contributed by atoms with Gasteiger partial charge in [0.2, 0.25) is 0 Å². The minimum Gasteiger partial charge on any atom is -0.378 e. The predicted octanol–water partition coefficient (Wildman–Crippen LogP) is 2.89. The molecule has 5 heteroatoms. The van der Waals surface area contributed by atoms with Crippen LogP contribution in [0.3, 0.4) is 0 Å². The van der Waals surface area contributed by atoms with Gasteiger partial charge in [0.15, 0.2) is 0 Å². The molecule has 0 saturated carbocycles. The Morgan fingerprint density at radius 1 is 0.833 bits per heavy atom. The summed E-state index contributed by atoms with van der Waals surface area (Å²) in [6.45, 7) is 1.84. The Morgan fingerprint density at radius 2 is 1.33 bits per heavy atom. The van der Waals surface area contributed by atoms with Crippen LogP contribution in [0.1, 0.15) is 11.7 Å². The van der Waals surface area contributed by atoms with Crippen LogP contribution in [0, 0.1) is 0 Å². The van der Waals surface area contributed by atoms with Crippen LogP contribution in [-0.4, -0.2) is 41.5 Å². The molecule has 3 heterocycles. The molecule has 0 atom stereocenters. The molecule has 0 aromatic heterocycles. The standard InChI is InChI=1S/C19H23N5/c1-20(2)13-9-16-18-17(10-13)22(4)12-24-15-8-6-5-7-14(15)23(19(18)24)11-21(16)3/h5-10,19H,11-12H2,1-4H3. The fourth-order valence-corrected chi connectivity index (χ4v) is 4.37. The van der Waals surface area contributed by atoms with Crippen molar-refractivity contribution in [1.82, 2.24) is 0 Å². The van der Waals surface area contributed by atoms with E-state index in [1.165, 1.54) is 34.0 Å². The summed E-state index contributed by atoms with van der Waals surface area (Å²) in [4.78, 5) is 12.0. The van der Waals surface area contributed by atoms with E-state index >= 15 is 0 Å². The summed E-state index contributed by atoms with van der Waals surface area (Å²) in [5.74, 6) is 0. The lowest BCUT2D eigenvalue weighted by Gasteiger charge is -2.48. The summed E-state index contributed by atoms with van der Waals surface area (Å²) in [6.07, 6.45) is 0.316. The van der Waals surface area contributed by atoms with E-state index < -0.39 is 0 Å². The van der Waals surface area contributed by atoms with Gasteiger partial charge in [-0.15, -0.1) is 0 Å². The average molecular weight is 321 g/mol. The smallest absolute Gasteiger partial charge is 0.135 e. The lowest BCUT2D eigenvalue weighted by atomic mass is 9.99. The van der Waals surface area contributed by atoms with Crippen molar-refractivity contribution >= 4 is 28.4 Å². The van der Waals surface area contributed by atoms with Gasteiger partial charge < -0.3 is 24.5 Å². The maximum atomic E-state index is 2.53. The Bertz CT molecular complexity index is 770. The summed E-state index contributed by atoms with van der Waals surface area (Å²) in [5, 5.41) is 0. The number of benzene rings is 2. The minimum atomic E-state index is 0.316. The molecule has 0 spiro atoms. The summed E-state index contributed by atoms with van der Waals surface area (Å²) in [7, 11) is 8.63. The maximum absolute atomic E-state index is 2.53. The van der Waals surface area contributed by atoms with Gasteiger partial charge >= 0.3 is 0 Å². The molecule has 124 valence electrons. The summed E-state index contributed by atoms with van der Waals surface area (Å²) < 4.78 is 0. The van der Waals surface area contributed by atoms with E-state index in [1.54, 1.807) is 0 Å². The molecule has 0 bridgehead atoms. The van der Waals surface area contributed by atoms with Crippen LogP contribution in [0.5, 0.6) is 0 Å². The largest absolute Gasteiger partial charge is 0.378 e. The topological polar surface area (TPSA) is 16.2 Å². The first kappa shape index (κ1) is 13.8. The second-order valence-corrected chi connectivity index (χ2v) is 7.27. The van der Waals surface area contributed by atoms with Crippen molar-refractivity contribution in [1.29, 1.82) is 0 Å². The quantitative estimate of drug-likeness (QED) is 0.800. The van der Waals surface area contributed by atoms with E-state index in [2.05, 4.69) is 89.1 Å². The Labute approximate surface area is 143 Å². The van der Waals surface area contributed by atoms with Gasteiger partial charge in [0.25, 0.3) is 0 Å². The number of fused-ring (bicyclic) bond motifs is 3. The molecule has 5 rings (SSSR count). The first-order valence-electron chi connectivity index (χ1n) is 8.46. The van der Waals surface area contributed by atoms with Gasteiger partial charge in [0, 0.05) is 50.8 Å². The lowest BCUT2D eigenvalue weighted by molar-refractivity contribution is 0.556. The fourth-order valence-electron chi connectivity index (χ4n) is 4.37. The highest BCUT2D eigenvalue weighted by Gasteiger charge is 2.46. The van der Waals surface area contributed by atoms with Crippen molar-refractivity contribution in [2.45, 2.75) is 6.17 Å². The first-order chi connectivity index (χ1) is 11.6. The SMILES string of the molecule is CN(C)c1cc2c3c(c1)N(C)CN1c4ccccc4N(CN2C)C31. The third-order valence-electron chi connectivity index (χ3n) is 5.54. The molecule has 0 unspecified atom stereocenters. The monoisotopic (exact) mass is 321 g/mol. The van der Waals surface area contributed by atoms with E-state index in [0.717, 1.165) is 13.3 Å². The molecular weight excluding hydrogens is 298 g/mol. The number of hydrogen-bond donors (Lipinski definition) is 0. The van der Waals surface area contributed by atoms with Crippen molar-refractivity contribution in [3.8, 4) is 0 Å². The van der Waals surface area contributed by atoms with Gasteiger partial charge in [0.1, 0.15) is 6.17 Å². The van der Waals surface area contributed by atoms with Crippen molar-refractivity contribution in [2.24, 2.45) is 0 Å². The van der Waals surface area contributed by atoms with E-state index in [9.17, 15) is 0 Å². The van der Waals surface area contributed by atoms with Gasteiger partial charge in [0.05, 0.1) is 24.7 Å². The molecule has 0 fully saturated rings. The number of anilines is 5. The Balaban J connectivity index is 1.78. The van der Waals surface area contributed by atoms with Gasteiger partial charge in [-0.2, -0.15) is 0 Å². The van der Waals surface area contributed by atoms with Crippen molar-refractivity contribution in [2.75, 3.05) is 66.0 Å². The predicted molar refractivity (Wildman–Crippen MR) is 101 cm³/mol. The van der Waals surface area contributed by atoms with E-state index in [0.29, 0.717) is 6.17 Å². The second kappa shape index (κ2) is 4.50. The number of hydrogen-bond acceptors (Lipinski definition) is 5. The highest BCUT2D eigenvalue weighted by molar-refractivity contribution is 5.88. The lowest BCUT2D eigenvalue weighted by Crippen LogP contribution is -2.52. The zero-order valence-corrected chi connectivity index (χ0v) is 14.7. The molecule has 2 aromatic rings. The highest BCUT2D eigenvalue weighted by atomic mass is 15.5. The Kier molecular flexibility index (Phi) is 2.59. The number of nitrogens with zero attached hydrogens (tertiary/aromatic N) is 5. The summed E-state index contributed by atoms with van der Waals surface area (Å²) in [5.41, 5.74) is 8.08. The summed E-state index contributed by atoms with van der Waals surface area (Å²) >= 11 is 0. The van der Waals surface area contributed by atoms with Crippen LogP contribution in [-0.2, 0) is 0 Å². The van der Waals surface area contributed by atoms with Gasteiger partial charge in [-0.3, -0.25) is 0 Å². The molecule has 3 aliphatic heterocycles. The van der Waals surface area contributed by atoms with E-state index in [4.69, 9.17) is 0 Å². The number of rotatable bonds is 1. The van der Waals surface area contributed by atoms with Gasteiger partial charge in [-0.1, -0.05) is 12.1 Å².